The molecule has 0 saturated carbocycles. The van der Waals surface area contributed by atoms with E-state index in [9.17, 15) is 4.79 Å². The maximum absolute atomic E-state index is 12.6. The van der Waals surface area contributed by atoms with Crippen LogP contribution in [0.15, 0.2) is 48.5 Å². The van der Waals surface area contributed by atoms with E-state index < -0.39 is 5.60 Å². The van der Waals surface area contributed by atoms with Crippen LogP contribution >= 0.6 is 0 Å². The molecule has 0 aliphatic heterocycles. The first-order chi connectivity index (χ1) is 11.7. The van der Waals surface area contributed by atoms with Gasteiger partial charge in [0.1, 0.15) is 5.60 Å². The van der Waals surface area contributed by atoms with Gasteiger partial charge in [-0.25, -0.2) is 4.79 Å². The van der Waals surface area contributed by atoms with E-state index in [1.54, 1.807) is 4.90 Å². The molecule has 4 nitrogen and oxygen atoms in total. The molecule has 0 unspecified atom stereocenters. The molecule has 0 atom stereocenters. The molecule has 0 aliphatic carbocycles. The van der Waals surface area contributed by atoms with Crippen molar-refractivity contribution in [3.63, 3.8) is 0 Å². The summed E-state index contributed by atoms with van der Waals surface area (Å²) in [5, 5.41) is 0. The van der Waals surface area contributed by atoms with Crippen molar-refractivity contribution in [1.82, 2.24) is 4.90 Å². The molecule has 25 heavy (non-hydrogen) atoms. The third-order valence-corrected chi connectivity index (χ3v) is 3.73. The second-order valence-corrected chi connectivity index (χ2v) is 7.39. The van der Waals surface area contributed by atoms with Crippen molar-refractivity contribution in [2.75, 3.05) is 12.3 Å². The van der Waals surface area contributed by atoms with Crippen LogP contribution in [-0.4, -0.2) is 23.1 Å². The van der Waals surface area contributed by atoms with Crippen molar-refractivity contribution in [3.05, 3.63) is 65.2 Å². The highest BCUT2D eigenvalue weighted by atomic mass is 16.6. The van der Waals surface area contributed by atoms with Crippen molar-refractivity contribution in [3.8, 4) is 0 Å². The zero-order valence-corrected chi connectivity index (χ0v) is 15.6. The Morgan fingerprint density at radius 2 is 1.76 bits per heavy atom. The highest BCUT2D eigenvalue weighted by Gasteiger charge is 2.22. The smallest absolute Gasteiger partial charge is 0.410 e. The predicted octanol–water partition coefficient (Wildman–Crippen LogP) is 4.56. The van der Waals surface area contributed by atoms with Gasteiger partial charge in [0.15, 0.2) is 0 Å². The van der Waals surface area contributed by atoms with E-state index in [-0.39, 0.29) is 6.09 Å². The number of anilines is 1. The minimum Gasteiger partial charge on any atom is -0.444 e. The van der Waals surface area contributed by atoms with Gasteiger partial charge in [0.05, 0.1) is 0 Å². The molecule has 0 aliphatic rings. The van der Waals surface area contributed by atoms with Gasteiger partial charge in [-0.3, -0.25) is 0 Å². The van der Waals surface area contributed by atoms with Crippen LogP contribution < -0.4 is 5.73 Å². The van der Waals surface area contributed by atoms with Gasteiger partial charge >= 0.3 is 6.09 Å². The quantitative estimate of drug-likeness (QED) is 0.812. The number of aryl methyl sites for hydroxylation is 1. The van der Waals surface area contributed by atoms with E-state index in [1.807, 2.05) is 51.1 Å². The number of benzene rings is 2. The molecule has 0 fully saturated rings. The van der Waals surface area contributed by atoms with Crippen LogP contribution in [0.4, 0.5) is 10.5 Å². The average molecular weight is 340 g/mol. The van der Waals surface area contributed by atoms with Crippen molar-refractivity contribution in [2.24, 2.45) is 0 Å². The fraction of sp³-hybridized carbons (Fsp3) is 0.381. The molecule has 0 bridgehead atoms. The van der Waals surface area contributed by atoms with E-state index in [1.165, 1.54) is 11.1 Å². The van der Waals surface area contributed by atoms with Gasteiger partial charge in [-0.05, 0) is 57.4 Å². The Balaban J connectivity index is 2.11. The molecule has 0 spiro atoms. The second kappa shape index (κ2) is 8.06. The number of nitrogens with two attached hydrogens (primary N) is 1. The lowest BCUT2D eigenvalue weighted by Crippen LogP contribution is -2.37. The molecule has 134 valence electrons. The van der Waals surface area contributed by atoms with Gasteiger partial charge in [0.2, 0.25) is 0 Å². The molecule has 0 aromatic heterocycles. The maximum Gasteiger partial charge on any atom is 0.410 e. The lowest BCUT2D eigenvalue weighted by Gasteiger charge is -2.27. The number of hydrogen-bond acceptors (Lipinski definition) is 3. The average Bonchev–Trinajstić information content (AvgIpc) is 2.50. The van der Waals surface area contributed by atoms with Crippen LogP contribution in [0.3, 0.4) is 0 Å². The maximum atomic E-state index is 12.6. The summed E-state index contributed by atoms with van der Waals surface area (Å²) < 4.78 is 5.57. The Morgan fingerprint density at radius 1 is 1.08 bits per heavy atom. The SMILES string of the molecule is Cc1cccc(CCN(Cc2cccc(N)c2)C(=O)OC(C)(C)C)c1. The van der Waals surface area contributed by atoms with Crippen molar-refractivity contribution in [1.29, 1.82) is 0 Å². The van der Waals surface area contributed by atoms with Gasteiger partial charge < -0.3 is 15.4 Å². The minimum atomic E-state index is -0.519. The van der Waals surface area contributed by atoms with Gasteiger partial charge in [-0.15, -0.1) is 0 Å². The third kappa shape index (κ3) is 6.49. The zero-order valence-electron chi connectivity index (χ0n) is 15.6. The van der Waals surface area contributed by atoms with Crippen LogP contribution in [0.25, 0.3) is 0 Å². The van der Waals surface area contributed by atoms with Crippen LogP contribution in [0.1, 0.15) is 37.5 Å². The summed E-state index contributed by atoms with van der Waals surface area (Å²) in [5.41, 5.74) is 9.46. The molecule has 0 heterocycles. The van der Waals surface area contributed by atoms with E-state index >= 15 is 0 Å². The topological polar surface area (TPSA) is 55.6 Å². The Labute approximate surface area is 150 Å². The van der Waals surface area contributed by atoms with E-state index in [2.05, 4.69) is 25.1 Å². The summed E-state index contributed by atoms with van der Waals surface area (Å²) >= 11 is 0. The molecule has 1 amide bonds. The van der Waals surface area contributed by atoms with Gasteiger partial charge in [-0.2, -0.15) is 0 Å². The molecule has 2 aromatic rings. The molecule has 2 N–H and O–H groups in total. The third-order valence-electron chi connectivity index (χ3n) is 3.73. The summed E-state index contributed by atoms with van der Waals surface area (Å²) in [4.78, 5) is 14.3. The number of amides is 1. The Bertz CT molecular complexity index is 720. The second-order valence-electron chi connectivity index (χ2n) is 7.39. The number of ether oxygens (including phenoxy) is 1. The van der Waals surface area contributed by atoms with Crippen LogP contribution in [0, 0.1) is 6.92 Å². The van der Waals surface area contributed by atoms with Gasteiger partial charge in [0, 0.05) is 18.8 Å². The van der Waals surface area contributed by atoms with Crippen molar-refractivity contribution >= 4 is 11.8 Å². The van der Waals surface area contributed by atoms with E-state index in [0.717, 1.165) is 12.0 Å². The van der Waals surface area contributed by atoms with Crippen LogP contribution in [-0.2, 0) is 17.7 Å². The van der Waals surface area contributed by atoms with E-state index in [0.29, 0.717) is 18.8 Å². The molecule has 0 radical (unpaired) electrons. The molecule has 4 heteroatoms. The molecule has 2 rings (SSSR count). The van der Waals surface area contributed by atoms with Gasteiger partial charge in [0.25, 0.3) is 0 Å². The first kappa shape index (κ1) is 18.8. The predicted molar refractivity (Wildman–Crippen MR) is 102 cm³/mol. The number of nitrogens with zero attached hydrogens (tertiary/aromatic N) is 1. The number of rotatable bonds is 5. The minimum absolute atomic E-state index is 0.303. The summed E-state index contributed by atoms with van der Waals surface area (Å²) in [5.74, 6) is 0. The zero-order chi connectivity index (χ0) is 18.4. The molecular formula is C21H28N2O2. The largest absolute Gasteiger partial charge is 0.444 e. The van der Waals surface area contributed by atoms with Crippen molar-refractivity contribution < 1.29 is 9.53 Å². The van der Waals surface area contributed by atoms with Crippen LogP contribution in [0.2, 0.25) is 0 Å². The summed E-state index contributed by atoms with van der Waals surface area (Å²) in [6.07, 6.45) is 0.478. The highest BCUT2D eigenvalue weighted by molar-refractivity contribution is 5.68. The lowest BCUT2D eigenvalue weighted by molar-refractivity contribution is 0.0236. The number of carbonyl (C=O) groups excluding carboxylic acids is 1. The number of hydrogen-bond donors (Lipinski definition) is 1. The lowest BCUT2D eigenvalue weighted by atomic mass is 10.1. The fourth-order valence-electron chi connectivity index (χ4n) is 2.60. The molecule has 2 aromatic carbocycles. The summed E-state index contributed by atoms with van der Waals surface area (Å²) in [6, 6.07) is 16.0. The molecule has 0 saturated heterocycles. The Morgan fingerprint density at radius 3 is 2.40 bits per heavy atom. The standard InChI is InChI=1S/C21H28N2O2/c1-16-7-5-8-17(13-16)11-12-23(20(24)25-21(2,3)4)15-18-9-6-10-19(22)14-18/h5-10,13-14H,11-12,15,22H2,1-4H3. The number of nitrogen functional groups attached to an aromatic ring is 1. The fourth-order valence-corrected chi connectivity index (χ4v) is 2.60. The van der Waals surface area contributed by atoms with Crippen molar-refractivity contribution in [2.45, 2.75) is 46.3 Å². The summed E-state index contributed by atoms with van der Waals surface area (Å²) in [6.45, 7) is 8.78. The van der Waals surface area contributed by atoms with E-state index in [4.69, 9.17) is 10.5 Å². The highest BCUT2D eigenvalue weighted by Crippen LogP contribution is 2.15. The van der Waals surface area contributed by atoms with Gasteiger partial charge in [-0.1, -0.05) is 42.0 Å². The first-order valence-corrected chi connectivity index (χ1v) is 8.61. The Kier molecular flexibility index (Phi) is 6.07. The normalized spacial score (nSPS) is 11.2. The van der Waals surface area contributed by atoms with Crippen LogP contribution in [0.5, 0.6) is 0 Å². The summed E-state index contributed by atoms with van der Waals surface area (Å²) in [7, 11) is 0. The monoisotopic (exact) mass is 340 g/mol. The molecular weight excluding hydrogens is 312 g/mol. The Hall–Kier alpha value is -2.49. The first-order valence-electron chi connectivity index (χ1n) is 8.61. The number of carbonyl (C=O) groups is 1.